The molecule has 0 saturated carbocycles. The lowest BCUT2D eigenvalue weighted by Crippen LogP contribution is -2.08. The highest BCUT2D eigenvalue weighted by molar-refractivity contribution is 6.10. The molecule has 0 fully saturated rings. The Balaban J connectivity index is 0.833. The number of rotatable bonds is 16. The number of anilines is 2. The van der Waals surface area contributed by atoms with Gasteiger partial charge in [0.05, 0.1) is 23.8 Å². The third kappa shape index (κ3) is 8.04. The largest absolute Gasteiger partial charge is 0.340 e. The average molecular weight is 723 g/mol. The quantitative estimate of drug-likeness (QED) is 0.0566. The molecule has 2 aromatic heterocycles. The molecule has 0 aliphatic heterocycles. The van der Waals surface area contributed by atoms with E-state index in [2.05, 4.69) is 118 Å². The van der Waals surface area contributed by atoms with Gasteiger partial charge in [0.15, 0.2) is 0 Å². The predicted molar refractivity (Wildman–Crippen MR) is 236 cm³/mol. The molecule has 0 unspecified atom stereocenters. The first-order valence-electron chi connectivity index (χ1n) is 19.8. The summed E-state index contributed by atoms with van der Waals surface area (Å²) < 4.78 is 5.04. The molecule has 8 aromatic rings. The molecular weight excluding hydrogens is 673 g/mol. The molecular formula is C49H50N6. The molecule has 0 radical (unpaired) electrons. The van der Waals surface area contributed by atoms with Crippen LogP contribution in [0.2, 0.25) is 0 Å². The van der Waals surface area contributed by atoms with Crippen molar-refractivity contribution in [2.24, 2.45) is 10.2 Å². The number of nitrogens with zero attached hydrogens (tertiary/aromatic N) is 6. The summed E-state index contributed by atoms with van der Waals surface area (Å²) in [4.78, 5) is 0. The van der Waals surface area contributed by atoms with Gasteiger partial charge in [-0.2, -0.15) is 10.2 Å². The molecule has 0 spiro atoms. The minimum absolute atomic E-state index is 1.04. The Kier molecular flexibility index (Phi) is 11.0. The Labute approximate surface area is 324 Å². The Morgan fingerprint density at radius 3 is 1.20 bits per heavy atom. The maximum absolute atomic E-state index is 4.71. The van der Waals surface area contributed by atoms with E-state index >= 15 is 0 Å². The van der Waals surface area contributed by atoms with Gasteiger partial charge < -0.3 is 9.13 Å². The highest BCUT2D eigenvalue weighted by Crippen LogP contribution is 2.32. The first-order valence-corrected chi connectivity index (χ1v) is 19.8. The highest BCUT2D eigenvalue weighted by Gasteiger charge is 2.12. The molecule has 2 heterocycles. The van der Waals surface area contributed by atoms with Gasteiger partial charge in [0.2, 0.25) is 0 Å². The summed E-state index contributed by atoms with van der Waals surface area (Å²) in [6.07, 6.45) is 12.7. The third-order valence-corrected chi connectivity index (χ3v) is 10.9. The van der Waals surface area contributed by atoms with Crippen molar-refractivity contribution in [2.45, 2.75) is 58.0 Å². The van der Waals surface area contributed by atoms with E-state index in [0.717, 1.165) is 35.6 Å². The zero-order valence-corrected chi connectivity index (χ0v) is 32.1. The van der Waals surface area contributed by atoms with Crippen LogP contribution < -0.4 is 10.0 Å². The van der Waals surface area contributed by atoms with Crippen molar-refractivity contribution in [3.63, 3.8) is 0 Å². The van der Waals surface area contributed by atoms with Gasteiger partial charge in [-0.25, -0.2) is 0 Å². The molecule has 0 aliphatic rings. The normalized spacial score (nSPS) is 12.0. The van der Waals surface area contributed by atoms with Crippen molar-refractivity contribution in [3.8, 4) is 0 Å². The number of aryl methyl sites for hydroxylation is 2. The maximum atomic E-state index is 4.71. The monoisotopic (exact) mass is 722 g/mol. The van der Waals surface area contributed by atoms with Crippen molar-refractivity contribution in [3.05, 3.63) is 157 Å². The van der Waals surface area contributed by atoms with E-state index in [9.17, 15) is 0 Å². The summed E-state index contributed by atoms with van der Waals surface area (Å²) in [6.45, 7) is 2.08. The summed E-state index contributed by atoms with van der Waals surface area (Å²) in [5.74, 6) is 0. The van der Waals surface area contributed by atoms with Crippen molar-refractivity contribution >= 4 is 67.4 Å². The van der Waals surface area contributed by atoms with Gasteiger partial charge in [-0.1, -0.05) is 117 Å². The van der Waals surface area contributed by atoms with Crippen LogP contribution in [0.25, 0.3) is 43.6 Å². The summed E-state index contributed by atoms with van der Waals surface area (Å²) in [7, 11) is 3.98. The second-order valence-corrected chi connectivity index (χ2v) is 14.6. The second kappa shape index (κ2) is 16.9. The number of benzene rings is 6. The van der Waals surface area contributed by atoms with E-state index in [0.29, 0.717) is 0 Å². The molecule has 6 aromatic carbocycles. The fourth-order valence-electron chi connectivity index (χ4n) is 7.94. The van der Waals surface area contributed by atoms with Crippen molar-refractivity contribution in [1.82, 2.24) is 9.13 Å². The summed E-state index contributed by atoms with van der Waals surface area (Å²) in [5, 5.41) is 18.5. The van der Waals surface area contributed by atoms with Crippen LogP contribution in [0.5, 0.6) is 0 Å². The van der Waals surface area contributed by atoms with Gasteiger partial charge in [0.25, 0.3) is 0 Å². The molecule has 55 heavy (non-hydrogen) atoms. The molecule has 0 saturated heterocycles. The van der Waals surface area contributed by atoms with E-state index in [-0.39, 0.29) is 0 Å². The van der Waals surface area contributed by atoms with Crippen LogP contribution >= 0.6 is 0 Å². The molecule has 276 valence electrons. The van der Waals surface area contributed by atoms with Crippen LogP contribution in [0.3, 0.4) is 0 Å². The summed E-state index contributed by atoms with van der Waals surface area (Å²) in [5.41, 5.74) is 9.61. The SMILES string of the molecule is CN(/N=C\c1ccc2c(c1)c1ccccc1n2CCCCCCCCCn1c2ccccc2c2cc(/C=N\N(C)c3ccccc3)ccc21)c1ccccc1. The second-order valence-electron chi connectivity index (χ2n) is 14.6. The number of aromatic nitrogens is 2. The minimum atomic E-state index is 1.04. The molecule has 8 rings (SSSR count). The molecule has 0 atom stereocenters. The number of hydrogen-bond donors (Lipinski definition) is 0. The fraction of sp³-hybridized carbons (Fsp3) is 0.224. The summed E-state index contributed by atoms with van der Waals surface area (Å²) >= 11 is 0. The first-order chi connectivity index (χ1) is 27.1. The Morgan fingerprint density at radius 2 is 0.764 bits per heavy atom. The number of unbranched alkanes of at least 4 members (excludes halogenated alkanes) is 6. The fourth-order valence-corrected chi connectivity index (χ4v) is 7.94. The summed E-state index contributed by atoms with van der Waals surface area (Å²) in [6, 6.07) is 51.7. The molecule has 6 heteroatoms. The highest BCUT2D eigenvalue weighted by atomic mass is 15.4. The van der Waals surface area contributed by atoms with Crippen molar-refractivity contribution in [2.75, 3.05) is 24.1 Å². The first kappa shape index (κ1) is 35.9. The molecule has 0 aliphatic carbocycles. The van der Waals surface area contributed by atoms with E-state index in [4.69, 9.17) is 10.2 Å². The van der Waals surface area contributed by atoms with E-state index < -0.39 is 0 Å². The topological polar surface area (TPSA) is 41.1 Å². The number of fused-ring (bicyclic) bond motifs is 6. The van der Waals surface area contributed by atoms with E-state index in [1.165, 1.54) is 88.6 Å². The number of hydrazone groups is 2. The van der Waals surface area contributed by atoms with E-state index in [1.54, 1.807) is 0 Å². The minimum Gasteiger partial charge on any atom is -0.340 e. The zero-order valence-electron chi connectivity index (χ0n) is 32.1. The van der Waals surface area contributed by atoms with Gasteiger partial charge in [-0.05, 0) is 84.6 Å². The number of para-hydroxylation sites is 4. The molecule has 0 amide bonds. The average Bonchev–Trinajstić information content (AvgIpc) is 3.73. The molecule has 6 nitrogen and oxygen atoms in total. The van der Waals surface area contributed by atoms with Gasteiger partial charge in [-0.15, -0.1) is 0 Å². The lowest BCUT2D eigenvalue weighted by atomic mass is 10.1. The van der Waals surface area contributed by atoms with Gasteiger partial charge in [0.1, 0.15) is 0 Å². The van der Waals surface area contributed by atoms with Crippen LogP contribution in [-0.2, 0) is 13.1 Å². The Bertz CT molecular complexity index is 2380. The Morgan fingerprint density at radius 1 is 0.400 bits per heavy atom. The number of hydrogen-bond acceptors (Lipinski definition) is 4. The van der Waals surface area contributed by atoms with Crippen molar-refractivity contribution < 1.29 is 0 Å². The maximum Gasteiger partial charge on any atom is 0.0590 e. The van der Waals surface area contributed by atoms with Crippen LogP contribution in [0.4, 0.5) is 11.4 Å². The van der Waals surface area contributed by atoms with Crippen LogP contribution in [0, 0.1) is 0 Å². The van der Waals surface area contributed by atoms with Gasteiger partial charge in [-0.3, -0.25) is 10.0 Å². The third-order valence-electron chi connectivity index (χ3n) is 10.9. The van der Waals surface area contributed by atoms with E-state index in [1.807, 2.05) is 72.9 Å². The van der Waals surface area contributed by atoms with Crippen molar-refractivity contribution in [1.29, 1.82) is 0 Å². The standard InChI is InChI=1S/C49H50N6/c1-52(40-20-10-8-11-21-40)50-36-38-28-30-48-44(34-38)42-24-14-16-26-46(42)54(48)32-18-6-4-3-5-7-19-33-55-47-27-17-15-25-43(47)45-35-39(29-31-49(45)55)37-51-53(2)41-22-12-9-13-23-41/h8-17,20-31,34-37H,3-7,18-19,32-33H2,1-2H3/b50-36-,51-37-. The van der Waals surface area contributed by atoms with Gasteiger partial charge in [0, 0.05) is 70.8 Å². The zero-order chi connectivity index (χ0) is 37.4. The predicted octanol–water partition coefficient (Wildman–Crippen LogP) is 12.3. The lowest BCUT2D eigenvalue weighted by Gasteiger charge is -2.12. The van der Waals surface area contributed by atoms with Crippen LogP contribution in [0.15, 0.2) is 156 Å². The van der Waals surface area contributed by atoms with Crippen LogP contribution in [0.1, 0.15) is 56.1 Å². The lowest BCUT2D eigenvalue weighted by molar-refractivity contribution is 0.540. The van der Waals surface area contributed by atoms with Gasteiger partial charge >= 0.3 is 0 Å². The van der Waals surface area contributed by atoms with Crippen LogP contribution in [-0.4, -0.2) is 35.7 Å². The Hall–Kier alpha value is -6.14. The smallest absolute Gasteiger partial charge is 0.0590 e. The molecule has 0 bridgehead atoms. The molecule has 0 N–H and O–H groups in total.